The second-order valence-corrected chi connectivity index (χ2v) is 17.8. The van der Waals surface area contributed by atoms with Crippen LogP contribution in [0.1, 0.15) is 39.5 Å². The molecule has 0 aliphatic rings. The molecular weight excluding hydrogens is 816 g/mol. The van der Waals surface area contributed by atoms with Crippen LogP contribution >= 0.6 is 20.2 Å². The Kier molecular flexibility index (Phi) is 9.66. The van der Waals surface area contributed by atoms with E-state index >= 15 is 0 Å². The van der Waals surface area contributed by atoms with Crippen molar-refractivity contribution >= 4 is 57.9 Å². The zero-order chi connectivity index (χ0) is 37.2. The van der Waals surface area contributed by atoms with E-state index in [4.69, 9.17) is 0 Å². The number of alkyl halides is 9. The van der Waals surface area contributed by atoms with Crippen LogP contribution < -0.4 is 0 Å². The number of hydrogen-bond acceptors (Lipinski definition) is 4. The number of aryl methyl sites for hydroxylation is 4. The molecule has 0 aliphatic heterocycles. The fraction of sp³-hybridized carbons (Fsp3) is 0.265. The first-order valence-corrected chi connectivity index (χ1v) is 19.1. The number of benzene rings is 4. The quantitative estimate of drug-likeness (QED) is 0.0798. The van der Waals surface area contributed by atoms with Gasteiger partial charge in [0.05, 0.1) is 0 Å². The Bertz CT molecular complexity index is 2210. The summed E-state index contributed by atoms with van der Waals surface area (Å²) in [4.78, 5) is 13.6. The predicted octanol–water partition coefficient (Wildman–Crippen LogP) is 10.2. The van der Waals surface area contributed by atoms with Crippen LogP contribution in [0.25, 0.3) is 21.8 Å². The molecule has 0 fully saturated rings. The summed E-state index contributed by atoms with van der Waals surface area (Å²) in [7, 11) is -7.17. The second-order valence-electron chi connectivity index (χ2n) is 11.5. The molecule has 4 aromatic carbocycles. The normalized spacial score (nSPS) is 13.7. The minimum atomic E-state index is -7.45. The zero-order valence-electron chi connectivity index (χ0n) is 26.5. The number of fused-ring (bicyclic) bond motifs is 3. The third-order valence-corrected chi connectivity index (χ3v) is 16.2. The summed E-state index contributed by atoms with van der Waals surface area (Å²) in [5, 5.41) is -5.31. The molecule has 1 aromatic heterocycles. The molecule has 5 rings (SSSR count). The maximum atomic E-state index is 14.8. The molecule has 0 unspecified atom stereocenters. The van der Waals surface area contributed by atoms with Crippen molar-refractivity contribution in [3.05, 3.63) is 114 Å². The molecule has 5 aromatic rings. The molecular formula is C34H27F9INO4S. The van der Waals surface area contributed by atoms with Crippen LogP contribution in [0.2, 0.25) is 0 Å². The first-order chi connectivity index (χ1) is 23.1. The Balaban J connectivity index is 1.57. The molecule has 268 valence electrons. The van der Waals surface area contributed by atoms with Crippen LogP contribution in [0, 0.1) is 27.9 Å². The molecule has 50 heavy (non-hydrogen) atoms. The van der Waals surface area contributed by atoms with Gasteiger partial charge in [-0.3, -0.25) is 0 Å². The Labute approximate surface area is 288 Å². The Morgan fingerprint density at radius 2 is 1.26 bits per heavy atom. The van der Waals surface area contributed by atoms with Crippen LogP contribution in [0.3, 0.4) is 0 Å². The van der Waals surface area contributed by atoms with Crippen molar-refractivity contribution in [2.24, 2.45) is 0 Å². The van der Waals surface area contributed by atoms with Crippen molar-refractivity contribution in [2.45, 2.75) is 57.5 Å². The van der Waals surface area contributed by atoms with E-state index in [0.29, 0.717) is 12.1 Å². The van der Waals surface area contributed by atoms with Crippen molar-refractivity contribution in [2.75, 3.05) is 0 Å². The number of carbonyl (C=O) groups excluding carboxylic acids is 1. The molecule has 0 radical (unpaired) electrons. The third kappa shape index (κ3) is 6.06. The summed E-state index contributed by atoms with van der Waals surface area (Å²) >= 11 is -4.42. The number of para-hydroxylation sites is 1. The van der Waals surface area contributed by atoms with Gasteiger partial charge in [-0.25, -0.2) is 0 Å². The molecule has 0 spiro atoms. The second kappa shape index (κ2) is 12.8. The Morgan fingerprint density at radius 1 is 0.720 bits per heavy atom. The van der Waals surface area contributed by atoms with Gasteiger partial charge in [0.1, 0.15) is 0 Å². The maximum absolute atomic E-state index is 14.8. The van der Waals surface area contributed by atoms with Gasteiger partial charge >= 0.3 is 289 Å². The van der Waals surface area contributed by atoms with Crippen LogP contribution in [-0.2, 0) is 19.2 Å². The molecule has 16 heteroatoms. The van der Waals surface area contributed by atoms with Crippen LogP contribution in [0.4, 0.5) is 39.5 Å². The summed E-state index contributed by atoms with van der Waals surface area (Å²) in [6.07, 6.45) is -7.22. The summed E-state index contributed by atoms with van der Waals surface area (Å²) in [6.45, 7) is 7.15. The van der Waals surface area contributed by atoms with Crippen molar-refractivity contribution in [3.63, 3.8) is 0 Å². The predicted molar refractivity (Wildman–Crippen MR) is 178 cm³/mol. The van der Waals surface area contributed by atoms with Gasteiger partial charge in [0.25, 0.3) is 0 Å². The van der Waals surface area contributed by atoms with Gasteiger partial charge in [-0.05, 0) is 0 Å². The zero-order valence-corrected chi connectivity index (χ0v) is 29.5. The van der Waals surface area contributed by atoms with E-state index in [1.807, 2.05) is 31.2 Å². The first kappa shape index (κ1) is 37.6. The molecule has 0 amide bonds. The van der Waals surface area contributed by atoms with Crippen LogP contribution in [-0.4, -0.2) is 42.0 Å². The van der Waals surface area contributed by atoms with E-state index in [1.54, 1.807) is 25.1 Å². The minimum absolute atomic E-state index is 0.0121. The topological polar surface area (TPSA) is 65.4 Å². The number of aromatic nitrogens is 1. The van der Waals surface area contributed by atoms with Crippen molar-refractivity contribution in [1.29, 1.82) is 0 Å². The van der Waals surface area contributed by atoms with Crippen molar-refractivity contribution in [3.8, 4) is 0 Å². The number of nitrogens with zero attached hydrogens (tertiary/aromatic N) is 1. The molecule has 0 saturated carbocycles. The molecule has 1 heterocycles. The SMILES string of the molecule is CCn1c2ccccc2c2cc(C(=O)c3ccc(I(OS(=O)(=O)C(F)(F)C(F)(F)C(F)(F)C(F)(F)F)c4c(C)cc(C)cc4C)cc3)ccc21. The summed E-state index contributed by atoms with van der Waals surface area (Å²) in [6, 6.07) is 20.4. The monoisotopic (exact) mass is 843 g/mol. The Hall–Kier alpha value is -3.64. The molecule has 0 atom stereocenters. The molecule has 0 saturated heterocycles. The standard InChI is InChI=1S/C34H27F9INO4S/c1-5-45-27-9-7-6-8-25(27)26-18-23(12-15-28(26)45)30(46)22-10-13-24(14-11-22)44(29-20(3)16-19(2)17-21(29)4)49-50(47,48)34(42,43)32(37,38)31(35,36)33(39,40)41/h6-18H,5H2,1-4H3. The number of halogens is 10. The van der Waals surface area contributed by atoms with E-state index in [9.17, 15) is 52.7 Å². The first-order valence-electron chi connectivity index (χ1n) is 14.7. The summed E-state index contributed by atoms with van der Waals surface area (Å²) in [5.74, 6) is -15.4. The van der Waals surface area contributed by atoms with Crippen molar-refractivity contribution < 1.29 is 55.2 Å². The van der Waals surface area contributed by atoms with E-state index < -0.39 is 59.4 Å². The van der Waals surface area contributed by atoms with Crippen LogP contribution in [0.15, 0.2) is 78.9 Å². The summed E-state index contributed by atoms with van der Waals surface area (Å²) in [5.41, 5.74) is 3.33. The molecule has 0 bridgehead atoms. The van der Waals surface area contributed by atoms with E-state index in [0.717, 1.165) is 33.9 Å². The molecule has 0 N–H and O–H groups in total. The van der Waals surface area contributed by atoms with Gasteiger partial charge in [-0.1, -0.05) is 0 Å². The summed E-state index contributed by atoms with van der Waals surface area (Å²) < 4.78 is 156. The molecule has 5 nitrogen and oxygen atoms in total. The molecule has 0 aliphatic carbocycles. The van der Waals surface area contributed by atoms with Gasteiger partial charge in [0, 0.05) is 0 Å². The number of rotatable bonds is 10. The number of carbonyl (C=O) groups is 1. The third-order valence-electron chi connectivity index (χ3n) is 7.98. The van der Waals surface area contributed by atoms with Gasteiger partial charge < -0.3 is 0 Å². The average molecular weight is 844 g/mol. The fourth-order valence-electron chi connectivity index (χ4n) is 5.67. The van der Waals surface area contributed by atoms with Crippen molar-refractivity contribution in [1.82, 2.24) is 4.57 Å². The number of hydrogen-bond donors (Lipinski definition) is 0. The van der Waals surface area contributed by atoms with Crippen LogP contribution in [0.5, 0.6) is 0 Å². The van der Waals surface area contributed by atoms with E-state index in [1.165, 1.54) is 38.1 Å². The van der Waals surface area contributed by atoms with Gasteiger partial charge in [0.2, 0.25) is 0 Å². The van der Waals surface area contributed by atoms with E-state index in [-0.39, 0.29) is 29.4 Å². The fourth-order valence-corrected chi connectivity index (χ4v) is 13.2. The number of ketones is 1. The Morgan fingerprint density at radius 3 is 1.82 bits per heavy atom. The van der Waals surface area contributed by atoms with Gasteiger partial charge in [0.15, 0.2) is 0 Å². The van der Waals surface area contributed by atoms with E-state index in [2.05, 4.69) is 7.08 Å². The van der Waals surface area contributed by atoms with Gasteiger partial charge in [-0.15, -0.1) is 0 Å². The van der Waals surface area contributed by atoms with Gasteiger partial charge in [-0.2, -0.15) is 0 Å². The average Bonchev–Trinajstić information content (AvgIpc) is 3.35.